The maximum Gasteiger partial charge on any atom is 0.107 e. The second-order valence-corrected chi connectivity index (χ2v) is 8.31. The number of hydrogen-bond donors (Lipinski definition) is 1. The van der Waals surface area contributed by atoms with Crippen LogP contribution in [0.3, 0.4) is 0 Å². The van der Waals surface area contributed by atoms with Crippen molar-refractivity contribution in [1.82, 2.24) is 0 Å². The molecule has 0 spiro atoms. The van der Waals surface area contributed by atoms with Crippen molar-refractivity contribution >= 4 is 27.3 Å². The van der Waals surface area contributed by atoms with E-state index in [9.17, 15) is 0 Å². The lowest BCUT2D eigenvalue weighted by Gasteiger charge is -2.25. The van der Waals surface area contributed by atoms with Crippen LogP contribution in [0.25, 0.3) is 0 Å². The van der Waals surface area contributed by atoms with Gasteiger partial charge in [-0.3, -0.25) is 0 Å². The van der Waals surface area contributed by atoms with E-state index in [4.69, 9.17) is 10.5 Å². The molecule has 1 rings (SSSR count). The summed E-state index contributed by atoms with van der Waals surface area (Å²) in [6.45, 7) is 9.55. The van der Waals surface area contributed by atoms with E-state index < -0.39 is 0 Å². The van der Waals surface area contributed by atoms with Crippen molar-refractivity contribution in [2.75, 3.05) is 6.61 Å². The van der Waals surface area contributed by atoms with Gasteiger partial charge >= 0.3 is 0 Å². The van der Waals surface area contributed by atoms with Crippen molar-refractivity contribution < 1.29 is 4.74 Å². The Morgan fingerprint density at radius 3 is 2.50 bits per heavy atom. The third-order valence-electron chi connectivity index (χ3n) is 2.88. The summed E-state index contributed by atoms with van der Waals surface area (Å²) < 4.78 is 7.16. The number of nitrogens with two attached hydrogens (primary N) is 1. The molecule has 2 N–H and O–H groups in total. The molecule has 1 aromatic heterocycles. The van der Waals surface area contributed by atoms with Crippen molar-refractivity contribution in [1.29, 1.82) is 0 Å². The highest BCUT2D eigenvalue weighted by Gasteiger charge is 2.22. The summed E-state index contributed by atoms with van der Waals surface area (Å²) in [7, 11) is 0. The highest BCUT2D eigenvalue weighted by atomic mass is 79.9. The second-order valence-electron chi connectivity index (χ2n) is 5.82. The van der Waals surface area contributed by atoms with E-state index in [0.717, 1.165) is 23.2 Å². The van der Waals surface area contributed by atoms with Crippen LogP contribution in [0.5, 0.6) is 0 Å². The molecule has 1 aromatic rings. The first kappa shape index (κ1) is 16.2. The van der Waals surface area contributed by atoms with Crippen molar-refractivity contribution in [2.45, 2.75) is 52.7 Å². The predicted molar refractivity (Wildman–Crippen MR) is 83.1 cm³/mol. The molecular weight excluding hydrogens is 310 g/mol. The molecule has 18 heavy (non-hydrogen) atoms. The smallest absolute Gasteiger partial charge is 0.107 e. The Balaban J connectivity index is 2.62. The second kappa shape index (κ2) is 7.04. The van der Waals surface area contributed by atoms with Crippen LogP contribution in [0.2, 0.25) is 0 Å². The Morgan fingerprint density at radius 1 is 1.39 bits per heavy atom. The fraction of sp³-hybridized carbons (Fsp3) is 0.714. The molecule has 0 fully saturated rings. The van der Waals surface area contributed by atoms with Crippen LogP contribution in [0.1, 0.15) is 51.5 Å². The van der Waals surface area contributed by atoms with E-state index in [-0.39, 0.29) is 12.1 Å². The van der Waals surface area contributed by atoms with Crippen molar-refractivity contribution in [2.24, 2.45) is 11.1 Å². The lowest BCUT2D eigenvalue weighted by atomic mass is 9.93. The zero-order chi connectivity index (χ0) is 13.8. The minimum atomic E-state index is 0.0219. The Morgan fingerprint density at radius 2 is 2.06 bits per heavy atom. The lowest BCUT2D eigenvalue weighted by molar-refractivity contribution is 0.0221. The minimum absolute atomic E-state index is 0.0219. The molecule has 104 valence electrons. The molecule has 0 aliphatic rings. The van der Waals surface area contributed by atoms with Gasteiger partial charge in [0.25, 0.3) is 0 Å². The number of hydrogen-bond acceptors (Lipinski definition) is 3. The molecule has 0 aliphatic carbocycles. The molecule has 0 saturated heterocycles. The van der Waals surface area contributed by atoms with Crippen LogP contribution < -0.4 is 5.73 Å². The van der Waals surface area contributed by atoms with Gasteiger partial charge in [0, 0.05) is 17.5 Å². The fourth-order valence-corrected chi connectivity index (χ4v) is 3.15. The van der Waals surface area contributed by atoms with Crippen LogP contribution in [-0.2, 0) is 4.74 Å². The van der Waals surface area contributed by atoms with E-state index in [0.29, 0.717) is 5.41 Å². The molecule has 2 nitrogen and oxygen atoms in total. The first-order chi connectivity index (χ1) is 8.33. The quantitative estimate of drug-likeness (QED) is 0.815. The van der Waals surface area contributed by atoms with E-state index in [2.05, 4.69) is 55.8 Å². The highest BCUT2D eigenvalue weighted by Crippen LogP contribution is 2.32. The minimum Gasteiger partial charge on any atom is -0.371 e. The summed E-state index contributed by atoms with van der Waals surface area (Å²) in [6.07, 6.45) is 2.00. The van der Waals surface area contributed by atoms with Crippen LogP contribution in [0.4, 0.5) is 0 Å². The van der Waals surface area contributed by atoms with Crippen LogP contribution in [0.15, 0.2) is 15.9 Å². The Labute approximate surface area is 123 Å². The molecule has 0 saturated carbocycles. The van der Waals surface area contributed by atoms with Gasteiger partial charge in [0.1, 0.15) is 6.10 Å². The average Bonchev–Trinajstić information content (AvgIpc) is 2.68. The van der Waals surface area contributed by atoms with Crippen LogP contribution in [0, 0.1) is 5.41 Å². The van der Waals surface area contributed by atoms with Crippen LogP contribution >= 0.6 is 27.3 Å². The third-order valence-corrected chi connectivity index (χ3v) is 4.57. The maximum absolute atomic E-state index is 6.17. The first-order valence-electron chi connectivity index (χ1n) is 6.46. The topological polar surface area (TPSA) is 35.2 Å². The molecule has 0 aliphatic heterocycles. The van der Waals surface area contributed by atoms with Gasteiger partial charge in [-0.1, -0.05) is 27.7 Å². The zero-order valence-corrected chi connectivity index (χ0v) is 14.1. The van der Waals surface area contributed by atoms with E-state index in [1.165, 1.54) is 4.88 Å². The van der Waals surface area contributed by atoms with E-state index in [1.54, 1.807) is 11.3 Å². The van der Waals surface area contributed by atoms with Crippen LogP contribution in [-0.4, -0.2) is 12.6 Å². The zero-order valence-electron chi connectivity index (χ0n) is 11.7. The predicted octanol–water partition coefficient (Wildman–Crippen LogP) is 4.74. The Bertz CT molecular complexity index is 359. The lowest BCUT2D eigenvalue weighted by Crippen LogP contribution is -2.29. The maximum atomic E-state index is 6.17. The monoisotopic (exact) mass is 333 g/mol. The van der Waals surface area contributed by atoms with E-state index in [1.807, 2.05) is 0 Å². The summed E-state index contributed by atoms with van der Waals surface area (Å²) >= 11 is 5.20. The van der Waals surface area contributed by atoms with E-state index >= 15 is 0 Å². The molecular formula is C14H24BrNOS. The molecule has 2 atom stereocenters. The molecule has 2 unspecified atom stereocenters. The van der Waals surface area contributed by atoms with Crippen molar-refractivity contribution in [3.05, 3.63) is 20.8 Å². The normalized spacial score (nSPS) is 15.7. The summed E-state index contributed by atoms with van der Waals surface area (Å²) in [6, 6.07) is 4.23. The number of rotatable bonds is 6. The summed E-state index contributed by atoms with van der Waals surface area (Å²) in [5, 5.41) is 0. The molecule has 0 aromatic carbocycles. The summed E-state index contributed by atoms with van der Waals surface area (Å²) in [5.74, 6) is 0. The number of thiophene rings is 1. The Hall–Kier alpha value is 0.1000. The highest BCUT2D eigenvalue weighted by molar-refractivity contribution is 9.11. The number of ether oxygens (including phenoxy) is 1. The van der Waals surface area contributed by atoms with Gasteiger partial charge < -0.3 is 10.5 Å². The van der Waals surface area contributed by atoms with Gasteiger partial charge in [0.05, 0.1) is 3.79 Å². The van der Waals surface area contributed by atoms with Gasteiger partial charge in [-0.25, -0.2) is 0 Å². The fourth-order valence-electron chi connectivity index (χ4n) is 1.60. The van der Waals surface area contributed by atoms with Crippen molar-refractivity contribution in [3.8, 4) is 0 Å². The van der Waals surface area contributed by atoms with Gasteiger partial charge in [0.15, 0.2) is 0 Å². The third kappa shape index (κ3) is 5.39. The number of halogens is 1. The van der Waals surface area contributed by atoms with Gasteiger partial charge in [-0.15, -0.1) is 11.3 Å². The van der Waals surface area contributed by atoms with Gasteiger partial charge in [-0.2, -0.15) is 0 Å². The molecule has 1 heterocycles. The standard InChI is InChI=1S/C14H24BrNOS/c1-5-10(16)13(11-6-7-12(15)18-11)17-9-8-14(2,3)4/h6-7,10,13H,5,8-9,16H2,1-4H3. The molecule has 0 radical (unpaired) electrons. The Kier molecular flexibility index (Phi) is 6.31. The first-order valence-corrected chi connectivity index (χ1v) is 8.07. The molecule has 4 heteroatoms. The van der Waals surface area contributed by atoms with Gasteiger partial charge in [0.2, 0.25) is 0 Å². The van der Waals surface area contributed by atoms with Gasteiger partial charge in [-0.05, 0) is 46.3 Å². The molecule has 0 bridgehead atoms. The molecule has 0 amide bonds. The summed E-state index contributed by atoms with van der Waals surface area (Å²) in [4.78, 5) is 1.21. The summed E-state index contributed by atoms with van der Waals surface area (Å²) in [5.41, 5.74) is 6.48. The SMILES string of the molecule is CCC(N)C(OCCC(C)(C)C)c1ccc(Br)s1. The largest absolute Gasteiger partial charge is 0.371 e. The average molecular weight is 334 g/mol. The van der Waals surface area contributed by atoms with Crippen molar-refractivity contribution in [3.63, 3.8) is 0 Å².